The van der Waals surface area contributed by atoms with Gasteiger partial charge in [0.05, 0.1) is 13.2 Å². The summed E-state index contributed by atoms with van der Waals surface area (Å²) in [5.74, 6) is -0.327. The Morgan fingerprint density at radius 1 is 0.769 bits per heavy atom. The first-order valence-corrected chi connectivity index (χ1v) is 10.8. The van der Waals surface area contributed by atoms with Crippen LogP contribution in [0.4, 0.5) is 0 Å². The molecule has 0 aliphatic carbocycles. The lowest BCUT2D eigenvalue weighted by molar-refractivity contribution is -0.153. The number of carbonyl (C=O) groups excluding carboxylic acids is 1. The van der Waals surface area contributed by atoms with Crippen LogP contribution < -0.4 is 0 Å². The minimum Gasteiger partial charge on any atom is -0.457 e. The molecular formula is C22H42O4. The zero-order chi connectivity index (χ0) is 19.3. The van der Waals surface area contributed by atoms with Crippen LogP contribution >= 0.6 is 0 Å². The van der Waals surface area contributed by atoms with Crippen molar-refractivity contribution in [3.63, 3.8) is 0 Å². The highest BCUT2D eigenvalue weighted by atomic mass is 16.6. The van der Waals surface area contributed by atoms with Crippen LogP contribution in [0.1, 0.15) is 103 Å². The summed E-state index contributed by atoms with van der Waals surface area (Å²) >= 11 is 0. The number of unbranched alkanes of at least 4 members (excludes halogenated alkanes) is 12. The van der Waals surface area contributed by atoms with Crippen LogP contribution in [-0.4, -0.2) is 35.5 Å². The van der Waals surface area contributed by atoms with E-state index < -0.39 is 6.10 Å². The average Bonchev–Trinajstić information content (AvgIpc) is 2.65. The average molecular weight is 371 g/mol. The molecule has 2 N–H and O–H groups in total. The highest BCUT2D eigenvalue weighted by Crippen LogP contribution is 2.11. The van der Waals surface area contributed by atoms with Gasteiger partial charge in [-0.15, -0.1) is 0 Å². The van der Waals surface area contributed by atoms with E-state index in [-0.39, 0.29) is 19.2 Å². The third-order valence-electron chi connectivity index (χ3n) is 4.60. The molecule has 0 atom stereocenters. The number of carbonyl (C=O) groups is 1. The summed E-state index contributed by atoms with van der Waals surface area (Å²) in [5.41, 5.74) is 0. The smallest absolute Gasteiger partial charge is 0.306 e. The normalized spacial score (nSPS) is 11.5. The molecule has 0 fully saturated rings. The van der Waals surface area contributed by atoms with Crippen LogP contribution in [-0.2, 0) is 9.53 Å². The number of hydrogen-bond acceptors (Lipinski definition) is 4. The lowest BCUT2D eigenvalue weighted by atomic mass is 10.1. The molecule has 0 amide bonds. The van der Waals surface area contributed by atoms with Gasteiger partial charge in [-0.05, 0) is 32.1 Å². The fourth-order valence-electron chi connectivity index (χ4n) is 2.89. The molecule has 0 unspecified atom stereocenters. The van der Waals surface area contributed by atoms with E-state index >= 15 is 0 Å². The van der Waals surface area contributed by atoms with Crippen molar-refractivity contribution in [2.45, 2.75) is 109 Å². The van der Waals surface area contributed by atoms with Crippen molar-refractivity contribution in [3.8, 4) is 0 Å². The van der Waals surface area contributed by atoms with E-state index in [9.17, 15) is 4.79 Å². The standard InChI is InChI=1S/C22H42O4/c1-2-3-4-5-6-7-8-9-10-11-12-13-14-15-16-17-18-22(25)26-21(19-23)20-24/h10-11,21,23-24H,2-9,12-20H2,1H3. The van der Waals surface area contributed by atoms with Crippen LogP contribution in [0.5, 0.6) is 0 Å². The van der Waals surface area contributed by atoms with Crippen molar-refractivity contribution in [3.05, 3.63) is 12.2 Å². The van der Waals surface area contributed by atoms with Gasteiger partial charge < -0.3 is 14.9 Å². The van der Waals surface area contributed by atoms with Crippen molar-refractivity contribution >= 4 is 5.97 Å². The zero-order valence-corrected chi connectivity index (χ0v) is 17.0. The number of aliphatic hydroxyl groups excluding tert-OH is 2. The van der Waals surface area contributed by atoms with Gasteiger partial charge in [-0.3, -0.25) is 4.79 Å². The second-order valence-electron chi connectivity index (χ2n) is 7.16. The molecule has 154 valence electrons. The van der Waals surface area contributed by atoms with Gasteiger partial charge >= 0.3 is 5.97 Å². The van der Waals surface area contributed by atoms with E-state index in [0.29, 0.717) is 6.42 Å². The fourth-order valence-corrected chi connectivity index (χ4v) is 2.89. The lowest BCUT2D eigenvalue weighted by Crippen LogP contribution is -2.25. The Balaban J connectivity index is 3.27. The molecule has 26 heavy (non-hydrogen) atoms. The Labute approximate surface area is 161 Å². The van der Waals surface area contributed by atoms with Gasteiger partial charge in [-0.2, -0.15) is 0 Å². The topological polar surface area (TPSA) is 66.8 Å². The molecule has 0 aliphatic rings. The monoisotopic (exact) mass is 370 g/mol. The molecule has 4 heteroatoms. The van der Waals surface area contributed by atoms with Crippen LogP contribution in [0.15, 0.2) is 12.2 Å². The van der Waals surface area contributed by atoms with Crippen LogP contribution in [0, 0.1) is 0 Å². The molecule has 0 bridgehead atoms. The summed E-state index contributed by atoms with van der Waals surface area (Å²) in [5, 5.41) is 17.7. The number of ether oxygens (including phenoxy) is 1. The third kappa shape index (κ3) is 17.9. The number of aliphatic hydroxyl groups is 2. The van der Waals surface area contributed by atoms with Gasteiger partial charge in [0.1, 0.15) is 6.10 Å². The fraction of sp³-hybridized carbons (Fsp3) is 0.864. The van der Waals surface area contributed by atoms with Crippen LogP contribution in [0.2, 0.25) is 0 Å². The quantitative estimate of drug-likeness (QED) is 0.184. The summed E-state index contributed by atoms with van der Waals surface area (Å²) in [4.78, 5) is 11.5. The molecule has 0 radical (unpaired) electrons. The second kappa shape index (κ2) is 20.4. The van der Waals surface area contributed by atoms with E-state index in [0.717, 1.165) is 25.7 Å². The number of allylic oxidation sites excluding steroid dienone is 2. The molecule has 0 aromatic heterocycles. The molecule has 0 aromatic rings. The number of rotatable bonds is 19. The van der Waals surface area contributed by atoms with Gasteiger partial charge in [-0.25, -0.2) is 0 Å². The molecule has 0 aliphatic heterocycles. The summed E-state index contributed by atoms with van der Waals surface area (Å²) in [6.07, 6.45) is 21.6. The lowest BCUT2D eigenvalue weighted by Gasteiger charge is -2.12. The Morgan fingerprint density at radius 3 is 1.73 bits per heavy atom. The predicted molar refractivity (Wildman–Crippen MR) is 108 cm³/mol. The molecule has 0 heterocycles. The van der Waals surface area contributed by atoms with Gasteiger partial charge in [0.15, 0.2) is 0 Å². The van der Waals surface area contributed by atoms with Gasteiger partial charge in [0.25, 0.3) is 0 Å². The maximum absolute atomic E-state index is 11.5. The van der Waals surface area contributed by atoms with Gasteiger partial charge in [0, 0.05) is 6.42 Å². The Morgan fingerprint density at radius 2 is 1.23 bits per heavy atom. The molecular weight excluding hydrogens is 328 g/mol. The number of esters is 1. The summed E-state index contributed by atoms with van der Waals surface area (Å²) < 4.78 is 4.92. The van der Waals surface area contributed by atoms with Crippen molar-refractivity contribution in [1.82, 2.24) is 0 Å². The maximum atomic E-state index is 11.5. The molecule has 0 spiro atoms. The molecule has 0 aromatic carbocycles. The first-order chi connectivity index (χ1) is 12.7. The van der Waals surface area contributed by atoms with Crippen molar-refractivity contribution in [2.75, 3.05) is 13.2 Å². The minimum absolute atomic E-state index is 0.325. The van der Waals surface area contributed by atoms with Crippen LogP contribution in [0.25, 0.3) is 0 Å². The largest absolute Gasteiger partial charge is 0.457 e. The van der Waals surface area contributed by atoms with Crippen molar-refractivity contribution in [1.29, 1.82) is 0 Å². The summed E-state index contributed by atoms with van der Waals surface area (Å²) in [6, 6.07) is 0. The van der Waals surface area contributed by atoms with Crippen molar-refractivity contribution < 1.29 is 19.7 Å². The molecule has 0 saturated carbocycles. The van der Waals surface area contributed by atoms with E-state index in [1.165, 1.54) is 64.2 Å². The highest BCUT2D eigenvalue weighted by Gasteiger charge is 2.11. The van der Waals surface area contributed by atoms with E-state index in [2.05, 4.69) is 19.1 Å². The van der Waals surface area contributed by atoms with Crippen LogP contribution in [0.3, 0.4) is 0 Å². The van der Waals surface area contributed by atoms with E-state index in [1.54, 1.807) is 0 Å². The Bertz CT molecular complexity index is 324. The van der Waals surface area contributed by atoms with E-state index in [4.69, 9.17) is 14.9 Å². The van der Waals surface area contributed by atoms with Crippen molar-refractivity contribution in [2.24, 2.45) is 0 Å². The second-order valence-corrected chi connectivity index (χ2v) is 7.16. The highest BCUT2D eigenvalue weighted by molar-refractivity contribution is 5.69. The zero-order valence-electron chi connectivity index (χ0n) is 17.0. The third-order valence-corrected chi connectivity index (χ3v) is 4.60. The Hall–Kier alpha value is -0.870. The minimum atomic E-state index is -0.768. The number of hydrogen-bond donors (Lipinski definition) is 2. The van der Waals surface area contributed by atoms with E-state index in [1.807, 2.05) is 0 Å². The first-order valence-electron chi connectivity index (χ1n) is 10.8. The van der Waals surface area contributed by atoms with Gasteiger partial charge in [0.2, 0.25) is 0 Å². The molecule has 0 rings (SSSR count). The first kappa shape index (κ1) is 25.1. The predicted octanol–water partition coefficient (Wildman–Crippen LogP) is 5.31. The SMILES string of the molecule is CCCCCCCCCC=CCCCCCCCC(=O)OC(CO)CO. The molecule has 0 saturated heterocycles. The maximum Gasteiger partial charge on any atom is 0.306 e. The summed E-state index contributed by atoms with van der Waals surface area (Å²) in [7, 11) is 0. The summed E-state index contributed by atoms with van der Waals surface area (Å²) in [6.45, 7) is 1.61. The molecule has 4 nitrogen and oxygen atoms in total. The van der Waals surface area contributed by atoms with Gasteiger partial charge in [-0.1, -0.05) is 76.9 Å². The Kier molecular flexibility index (Phi) is 19.8.